The fraction of sp³-hybridized carbons (Fsp3) is 0.375. The van der Waals surface area contributed by atoms with Crippen molar-refractivity contribution < 1.29 is 9.59 Å². The van der Waals surface area contributed by atoms with Crippen molar-refractivity contribution in [3.8, 4) is 10.6 Å². The van der Waals surface area contributed by atoms with Crippen LogP contribution in [0, 0.1) is 5.92 Å². The third-order valence-corrected chi connectivity index (χ3v) is 4.95. The highest BCUT2D eigenvalue weighted by Gasteiger charge is 2.28. The summed E-state index contributed by atoms with van der Waals surface area (Å²) in [5.41, 5.74) is 0.916. The monoisotopic (exact) mass is 400 g/mol. The Balaban J connectivity index is 2.10. The molecule has 1 aromatic carbocycles. The molecule has 0 fully saturated rings. The minimum atomic E-state index is -1.23. The second kappa shape index (κ2) is 9.12. The van der Waals surface area contributed by atoms with Crippen molar-refractivity contribution in [2.24, 2.45) is 5.92 Å². The lowest BCUT2D eigenvalue weighted by molar-refractivity contribution is -0.126. The van der Waals surface area contributed by atoms with E-state index in [-0.39, 0.29) is 11.8 Å². The van der Waals surface area contributed by atoms with Gasteiger partial charge in [-0.05, 0) is 5.92 Å². The van der Waals surface area contributed by atoms with E-state index in [1.807, 2.05) is 44.2 Å². The van der Waals surface area contributed by atoms with Gasteiger partial charge in [0.05, 0.1) is 0 Å². The maximum atomic E-state index is 12.5. The minimum Gasteiger partial charge on any atom is -0.342 e. The summed E-state index contributed by atoms with van der Waals surface area (Å²) in [5.74, 6) is -1.09. The van der Waals surface area contributed by atoms with Crippen LogP contribution in [-0.2, 0) is 9.59 Å². The van der Waals surface area contributed by atoms with Gasteiger partial charge in [-0.1, -0.05) is 85.1 Å². The molecule has 0 saturated heterocycles. The first-order valence-electron chi connectivity index (χ1n) is 7.70. The second-order valence-corrected chi connectivity index (χ2v) is 7.51. The molecule has 25 heavy (non-hydrogen) atoms. The summed E-state index contributed by atoms with van der Waals surface area (Å²) in [7, 11) is 0. The second-order valence-electron chi connectivity index (χ2n) is 5.44. The van der Waals surface area contributed by atoms with E-state index in [9.17, 15) is 9.59 Å². The molecule has 0 aliphatic carbocycles. The van der Waals surface area contributed by atoms with Gasteiger partial charge in [0.25, 0.3) is 5.91 Å². The number of carbonyl (C=O) groups is 2. The number of carbonyl (C=O) groups excluding carboxylic acids is 2. The van der Waals surface area contributed by atoms with Gasteiger partial charge < -0.3 is 5.32 Å². The molecule has 2 amide bonds. The molecule has 0 unspecified atom stereocenters. The Morgan fingerprint density at radius 1 is 1.16 bits per heavy atom. The Kier molecular flexibility index (Phi) is 7.16. The molecule has 2 aromatic rings. The molecule has 2 N–H and O–H groups in total. The van der Waals surface area contributed by atoms with Crippen molar-refractivity contribution in [1.82, 2.24) is 15.5 Å². The average molecular weight is 401 g/mol. The van der Waals surface area contributed by atoms with E-state index in [2.05, 4.69) is 20.8 Å². The first kappa shape index (κ1) is 19.6. The molecule has 2 atom stereocenters. The van der Waals surface area contributed by atoms with E-state index < -0.39 is 16.8 Å². The van der Waals surface area contributed by atoms with Crippen LogP contribution in [0.25, 0.3) is 10.6 Å². The molecule has 9 heteroatoms. The summed E-state index contributed by atoms with van der Waals surface area (Å²) in [6, 6.07) is 8.77. The lowest BCUT2D eigenvalue weighted by Gasteiger charge is -2.23. The van der Waals surface area contributed by atoms with E-state index in [1.54, 1.807) is 0 Å². The number of benzene rings is 1. The van der Waals surface area contributed by atoms with Crippen LogP contribution in [-0.4, -0.2) is 32.9 Å². The van der Waals surface area contributed by atoms with Gasteiger partial charge in [0.15, 0.2) is 4.84 Å². The molecule has 0 spiro atoms. The highest BCUT2D eigenvalue weighted by molar-refractivity contribution is 7.18. The predicted molar refractivity (Wildman–Crippen MR) is 101 cm³/mol. The molecule has 0 radical (unpaired) electrons. The van der Waals surface area contributed by atoms with Gasteiger partial charge in [0.2, 0.25) is 11.0 Å². The largest absolute Gasteiger partial charge is 0.342 e. The number of aromatic nitrogens is 2. The molecule has 0 aliphatic heterocycles. The summed E-state index contributed by atoms with van der Waals surface area (Å²) < 4.78 is 0. The number of rotatable bonds is 7. The average Bonchev–Trinajstić information content (AvgIpc) is 3.07. The van der Waals surface area contributed by atoms with Crippen molar-refractivity contribution in [1.29, 1.82) is 0 Å². The predicted octanol–water partition coefficient (Wildman–Crippen LogP) is 3.48. The SMILES string of the molecule is CC[C@@H](C)[C@@H](NC(=O)C(Cl)Cl)C(=O)Nc1nnc(-c2ccccc2)s1. The van der Waals surface area contributed by atoms with Crippen molar-refractivity contribution in [3.63, 3.8) is 0 Å². The van der Waals surface area contributed by atoms with Gasteiger partial charge in [-0.25, -0.2) is 0 Å². The molecule has 0 aliphatic rings. The zero-order chi connectivity index (χ0) is 18.4. The van der Waals surface area contributed by atoms with Crippen LogP contribution in [0.2, 0.25) is 0 Å². The number of amides is 2. The maximum Gasteiger partial charge on any atom is 0.253 e. The zero-order valence-corrected chi connectivity index (χ0v) is 16.0. The van der Waals surface area contributed by atoms with E-state index in [1.165, 1.54) is 11.3 Å². The number of nitrogens with zero attached hydrogens (tertiary/aromatic N) is 2. The van der Waals surface area contributed by atoms with Crippen LogP contribution >= 0.6 is 34.5 Å². The van der Waals surface area contributed by atoms with E-state index >= 15 is 0 Å². The topological polar surface area (TPSA) is 84.0 Å². The van der Waals surface area contributed by atoms with Crippen LogP contribution < -0.4 is 10.6 Å². The van der Waals surface area contributed by atoms with Crippen LogP contribution in [0.15, 0.2) is 30.3 Å². The summed E-state index contributed by atoms with van der Waals surface area (Å²) in [6.07, 6.45) is 0.693. The molecular weight excluding hydrogens is 383 g/mol. The molecule has 6 nitrogen and oxygen atoms in total. The highest BCUT2D eigenvalue weighted by atomic mass is 35.5. The van der Waals surface area contributed by atoms with Crippen molar-refractivity contribution >= 4 is 51.5 Å². The van der Waals surface area contributed by atoms with E-state index in [0.717, 1.165) is 5.56 Å². The van der Waals surface area contributed by atoms with Crippen LogP contribution in [0.1, 0.15) is 20.3 Å². The van der Waals surface area contributed by atoms with Crippen LogP contribution in [0.5, 0.6) is 0 Å². The van der Waals surface area contributed by atoms with Gasteiger partial charge in [0, 0.05) is 5.56 Å². The Morgan fingerprint density at radius 2 is 1.84 bits per heavy atom. The Bertz CT molecular complexity index is 724. The van der Waals surface area contributed by atoms with E-state index in [4.69, 9.17) is 23.2 Å². The van der Waals surface area contributed by atoms with Gasteiger partial charge in [-0.2, -0.15) is 0 Å². The number of anilines is 1. The summed E-state index contributed by atoms with van der Waals surface area (Å²) in [6.45, 7) is 3.78. The fourth-order valence-electron chi connectivity index (χ4n) is 2.07. The Labute approximate surface area is 159 Å². The van der Waals surface area contributed by atoms with Crippen molar-refractivity contribution in [2.75, 3.05) is 5.32 Å². The van der Waals surface area contributed by atoms with Gasteiger partial charge >= 0.3 is 0 Å². The molecule has 0 saturated carbocycles. The summed E-state index contributed by atoms with van der Waals surface area (Å²) in [4.78, 5) is 23.1. The lowest BCUT2D eigenvalue weighted by Crippen LogP contribution is -2.49. The first-order valence-corrected chi connectivity index (χ1v) is 9.39. The van der Waals surface area contributed by atoms with Crippen molar-refractivity contribution in [2.45, 2.75) is 31.1 Å². The Morgan fingerprint density at radius 3 is 2.44 bits per heavy atom. The molecule has 1 aromatic heterocycles. The molecule has 134 valence electrons. The van der Waals surface area contributed by atoms with Crippen molar-refractivity contribution in [3.05, 3.63) is 30.3 Å². The maximum absolute atomic E-state index is 12.5. The minimum absolute atomic E-state index is 0.0995. The van der Waals surface area contributed by atoms with Crippen LogP contribution in [0.3, 0.4) is 0 Å². The lowest BCUT2D eigenvalue weighted by atomic mass is 9.98. The smallest absolute Gasteiger partial charge is 0.253 e. The summed E-state index contributed by atoms with van der Waals surface area (Å²) >= 11 is 12.4. The quantitative estimate of drug-likeness (QED) is 0.696. The van der Waals surface area contributed by atoms with Gasteiger partial charge in [-0.15, -0.1) is 10.2 Å². The standard InChI is InChI=1S/C16H18Cl2N4O2S/c1-3-9(2)11(19-14(24)12(17)18)13(23)20-16-22-21-15(25-16)10-7-5-4-6-8-10/h4-9,11-12H,3H2,1-2H3,(H,19,24)(H,20,22,23)/t9-,11-/m1/s1. The number of halogens is 2. The van der Waals surface area contributed by atoms with Gasteiger partial charge in [-0.3, -0.25) is 14.9 Å². The molecule has 0 bridgehead atoms. The number of hydrogen-bond donors (Lipinski definition) is 2. The number of alkyl halides is 2. The third kappa shape index (κ3) is 5.39. The molecule has 2 rings (SSSR count). The summed E-state index contributed by atoms with van der Waals surface area (Å²) in [5, 5.41) is 14.4. The van der Waals surface area contributed by atoms with E-state index in [0.29, 0.717) is 16.6 Å². The first-order chi connectivity index (χ1) is 11.9. The molecule has 1 heterocycles. The molecular formula is C16H18Cl2N4O2S. The zero-order valence-electron chi connectivity index (χ0n) is 13.7. The Hall–Kier alpha value is -1.70. The number of nitrogens with one attached hydrogen (secondary N) is 2. The fourth-order valence-corrected chi connectivity index (χ4v) is 2.95. The van der Waals surface area contributed by atoms with Gasteiger partial charge in [0.1, 0.15) is 11.0 Å². The third-order valence-electron chi connectivity index (χ3n) is 3.67. The normalized spacial score (nSPS) is 13.3. The number of hydrogen-bond acceptors (Lipinski definition) is 5. The highest BCUT2D eigenvalue weighted by Crippen LogP contribution is 2.26. The van der Waals surface area contributed by atoms with Crippen LogP contribution in [0.4, 0.5) is 5.13 Å².